The van der Waals surface area contributed by atoms with E-state index < -0.39 is 0 Å². The molecule has 0 aromatic carbocycles. The molecule has 1 aliphatic heterocycles. The van der Waals surface area contributed by atoms with E-state index in [1.807, 2.05) is 17.8 Å². The first-order valence-electron chi connectivity index (χ1n) is 4.08. The van der Waals surface area contributed by atoms with Crippen LogP contribution in [0.5, 0.6) is 0 Å². The van der Waals surface area contributed by atoms with Crippen LogP contribution in [0.3, 0.4) is 0 Å². The van der Waals surface area contributed by atoms with Crippen molar-refractivity contribution in [2.24, 2.45) is 12.8 Å². The second-order valence-electron chi connectivity index (χ2n) is 3.24. The van der Waals surface area contributed by atoms with Gasteiger partial charge < -0.3 is 15.0 Å². The zero-order valence-corrected chi connectivity index (χ0v) is 7.10. The first-order chi connectivity index (χ1) is 5.79. The van der Waals surface area contributed by atoms with Crippen LogP contribution < -0.4 is 5.73 Å². The summed E-state index contributed by atoms with van der Waals surface area (Å²) >= 11 is 0. The highest BCUT2D eigenvalue weighted by Gasteiger charge is 2.28. The van der Waals surface area contributed by atoms with E-state index in [4.69, 9.17) is 10.5 Å². The van der Waals surface area contributed by atoms with E-state index >= 15 is 0 Å². The van der Waals surface area contributed by atoms with Gasteiger partial charge in [-0.2, -0.15) is 0 Å². The number of imidazole rings is 1. The maximum atomic E-state index is 5.87. The Morgan fingerprint density at radius 3 is 3.00 bits per heavy atom. The van der Waals surface area contributed by atoms with Crippen molar-refractivity contribution in [1.82, 2.24) is 9.55 Å². The van der Waals surface area contributed by atoms with Gasteiger partial charge in [0.25, 0.3) is 0 Å². The van der Waals surface area contributed by atoms with Gasteiger partial charge in [-0.1, -0.05) is 0 Å². The SMILES string of the molecule is Cn1cncc1C1COCC1N. The molecule has 1 aliphatic rings. The molecule has 4 nitrogen and oxygen atoms in total. The monoisotopic (exact) mass is 167 g/mol. The molecule has 0 saturated carbocycles. The van der Waals surface area contributed by atoms with Crippen molar-refractivity contribution in [3.05, 3.63) is 18.2 Å². The first-order valence-corrected chi connectivity index (χ1v) is 4.08. The molecule has 0 amide bonds. The second-order valence-corrected chi connectivity index (χ2v) is 3.24. The molecule has 2 rings (SSSR count). The van der Waals surface area contributed by atoms with Gasteiger partial charge in [-0.3, -0.25) is 0 Å². The average molecular weight is 167 g/mol. The molecule has 0 bridgehead atoms. The fourth-order valence-corrected chi connectivity index (χ4v) is 1.60. The smallest absolute Gasteiger partial charge is 0.0945 e. The Balaban J connectivity index is 2.24. The summed E-state index contributed by atoms with van der Waals surface area (Å²) in [4.78, 5) is 4.05. The van der Waals surface area contributed by atoms with Gasteiger partial charge in [0.2, 0.25) is 0 Å². The van der Waals surface area contributed by atoms with Gasteiger partial charge in [-0.15, -0.1) is 0 Å². The van der Waals surface area contributed by atoms with E-state index in [2.05, 4.69) is 4.98 Å². The lowest BCUT2D eigenvalue weighted by Gasteiger charge is -2.12. The maximum absolute atomic E-state index is 5.87. The highest BCUT2D eigenvalue weighted by atomic mass is 16.5. The summed E-state index contributed by atoms with van der Waals surface area (Å²) in [5.74, 6) is 0.317. The molecule has 4 heteroatoms. The zero-order chi connectivity index (χ0) is 8.55. The van der Waals surface area contributed by atoms with Crippen LogP contribution in [0.4, 0.5) is 0 Å². The Morgan fingerprint density at radius 1 is 1.67 bits per heavy atom. The lowest BCUT2D eigenvalue weighted by Crippen LogP contribution is -2.27. The number of aryl methyl sites for hydroxylation is 1. The van der Waals surface area contributed by atoms with Crippen molar-refractivity contribution in [2.45, 2.75) is 12.0 Å². The quantitative estimate of drug-likeness (QED) is 0.633. The predicted molar refractivity (Wildman–Crippen MR) is 44.7 cm³/mol. The minimum Gasteiger partial charge on any atom is -0.379 e. The summed E-state index contributed by atoms with van der Waals surface area (Å²) in [5, 5.41) is 0. The van der Waals surface area contributed by atoms with E-state index in [1.165, 1.54) is 5.69 Å². The van der Waals surface area contributed by atoms with Crippen molar-refractivity contribution >= 4 is 0 Å². The number of nitrogens with zero attached hydrogens (tertiary/aromatic N) is 2. The van der Waals surface area contributed by atoms with Crippen LogP contribution >= 0.6 is 0 Å². The van der Waals surface area contributed by atoms with Crippen molar-refractivity contribution in [1.29, 1.82) is 0 Å². The summed E-state index contributed by atoms with van der Waals surface area (Å²) in [6.07, 6.45) is 3.65. The molecule has 2 N–H and O–H groups in total. The third-order valence-electron chi connectivity index (χ3n) is 2.36. The van der Waals surface area contributed by atoms with Crippen LogP contribution in [-0.2, 0) is 11.8 Å². The number of rotatable bonds is 1. The van der Waals surface area contributed by atoms with Gasteiger partial charge in [-0.05, 0) is 0 Å². The molecule has 2 unspecified atom stereocenters. The molecule has 1 fully saturated rings. The zero-order valence-electron chi connectivity index (χ0n) is 7.10. The lowest BCUT2D eigenvalue weighted by atomic mass is 10.0. The lowest BCUT2D eigenvalue weighted by molar-refractivity contribution is 0.190. The molecular weight excluding hydrogens is 154 g/mol. The Kier molecular flexibility index (Phi) is 1.86. The van der Waals surface area contributed by atoms with E-state index in [0.717, 1.165) is 6.61 Å². The van der Waals surface area contributed by atoms with Gasteiger partial charge in [-0.25, -0.2) is 4.98 Å². The first kappa shape index (κ1) is 7.76. The van der Waals surface area contributed by atoms with E-state index in [1.54, 1.807) is 6.33 Å². The van der Waals surface area contributed by atoms with Crippen LogP contribution in [-0.4, -0.2) is 28.8 Å². The van der Waals surface area contributed by atoms with Crippen LogP contribution in [0.1, 0.15) is 11.6 Å². The van der Waals surface area contributed by atoms with Crippen LogP contribution in [0.25, 0.3) is 0 Å². The standard InChI is InChI=1S/C8H13N3O/c1-11-5-10-2-8(11)6-3-12-4-7(6)9/h2,5-7H,3-4,9H2,1H3. The van der Waals surface area contributed by atoms with E-state index in [-0.39, 0.29) is 6.04 Å². The predicted octanol–water partition coefficient (Wildman–Crippen LogP) is -0.139. The molecule has 2 atom stereocenters. The van der Waals surface area contributed by atoms with Crippen molar-refractivity contribution in [3.8, 4) is 0 Å². The van der Waals surface area contributed by atoms with Gasteiger partial charge in [0.15, 0.2) is 0 Å². The number of hydrogen-bond acceptors (Lipinski definition) is 3. The van der Waals surface area contributed by atoms with Gasteiger partial charge in [0, 0.05) is 30.9 Å². The van der Waals surface area contributed by atoms with E-state index in [9.17, 15) is 0 Å². The van der Waals surface area contributed by atoms with E-state index in [0.29, 0.717) is 12.5 Å². The van der Waals surface area contributed by atoms with Gasteiger partial charge in [0.05, 0.1) is 19.5 Å². The summed E-state index contributed by atoms with van der Waals surface area (Å²) in [6, 6.07) is 0.125. The summed E-state index contributed by atoms with van der Waals surface area (Å²) in [7, 11) is 1.98. The molecular formula is C8H13N3O. The van der Waals surface area contributed by atoms with Crippen LogP contribution in [0, 0.1) is 0 Å². The Morgan fingerprint density at radius 2 is 2.50 bits per heavy atom. The topological polar surface area (TPSA) is 53.1 Å². The Labute approximate surface area is 71.3 Å². The highest BCUT2D eigenvalue weighted by Crippen LogP contribution is 2.23. The molecule has 12 heavy (non-hydrogen) atoms. The fraction of sp³-hybridized carbons (Fsp3) is 0.625. The number of nitrogens with two attached hydrogens (primary N) is 1. The fourth-order valence-electron chi connectivity index (χ4n) is 1.60. The minimum absolute atomic E-state index is 0.125. The highest BCUT2D eigenvalue weighted by molar-refractivity contribution is 5.11. The third-order valence-corrected chi connectivity index (χ3v) is 2.36. The summed E-state index contributed by atoms with van der Waals surface area (Å²) in [5.41, 5.74) is 7.04. The minimum atomic E-state index is 0.125. The van der Waals surface area contributed by atoms with Crippen molar-refractivity contribution in [2.75, 3.05) is 13.2 Å². The Hall–Kier alpha value is -0.870. The summed E-state index contributed by atoms with van der Waals surface area (Å²) in [6.45, 7) is 1.39. The van der Waals surface area contributed by atoms with Crippen LogP contribution in [0.2, 0.25) is 0 Å². The summed E-state index contributed by atoms with van der Waals surface area (Å²) < 4.78 is 7.28. The van der Waals surface area contributed by atoms with Gasteiger partial charge >= 0.3 is 0 Å². The van der Waals surface area contributed by atoms with Crippen molar-refractivity contribution < 1.29 is 4.74 Å². The molecule has 0 aliphatic carbocycles. The molecule has 1 aromatic rings. The van der Waals surface area contributed by atoms with Crippen molar-refractivity contribution in [3.63, 3.8) is 0 Å². The second kappa shape index (κ2) is 2.88. The van der Waals surface area contributed by atoms with Crippen LogP contribution in [0.15, 0.2) is 12.5 Å². The number of ether oxygens (including phenoxy) is 1. The normalized spacial score (nSPS) is 29.5. The van der Waals surface area contributed by atoms with Gasteiger partial charge in [0.1, 0.15) is 0 Å². The molecule has 0 spiro atoms. The third kappa shape index (κ3) is 1.13. The maximum Gasteiger partial charge on any atom is 0.0945 e. The molecule has 66 valence electrons. The largest absolute Gasteiger partial charge is 0.379 e. The number of hydrogen-bond donors (Lipinski definition) is 1. The molecule has 1 saturated heterocycles. The molecule has 2 heterocycles. The molecule has 0 radical (unpaired) electrons. The molecule has 1 aromatic heterocycles. The Bertz CT molecular complexity index is 271. The number of aromatic nitrogens is 2. The average Bonchev–Trinajstić information content (AvgIpc) is 2.59.